The standard InChI is InChI=1S/C12H24N2O/c1-10-6-13-7-11(10)8-14(2)9-12-4-3-5-15-12/h10-13H,3-9H2,1-2H3. The third-order valence-electron chi connectivity index (χ3n) is 3.76. The van der Waals surface area contributed by atoms with E-state index in [1.54, 1.807) is 0 Å². The summed E-state index contributed by atoms with van der Waals surface area (Å²) < 4.78 is 5.66. The molecule has 2 heterocycles. The lowest BCUT2D eigenvalue weighted by molar-refractivity contribution is 0.0757. The summed E-state index contributed by atoms with van der Waals surface area (Å²) in [4.78, 5) is 2.45. The Morgan fingerprint density at radius 3 is 2.80 bits per heavy atom. The zero-order chi connectivity index (χ0) is 10.7. The SMILES string of the molecule is CC1CNCC1CN(C)CC1CCCO1. The van der Waals surface area contributed by atoms with Crippen molar-refractivity contribution < 1.29 is 4.74 Å². The van der Waals surface area contributed by atoms with Crippen LogP contribution in [-0.4, -0.2) is 50.8 Å². The zero-order valence-corrected chi connectivity index (χ0v) is 10.0. The van der Waals surface area contributed by atoms with Gasteiger partial charge < -0.3 is 15.0 Å². The van der Waals surface area contributed by atoms with Gasteiger partial charge in [0.15, 0.2) is 0 Å². The fourth-order valence-electron chi connectivity index (χ4n) is 2.72. The fraction of sp³-hybridized carbons (Fsp3) is 1.00. The molecule has 2 fully saturated rings. The Morgan fingerprint density at radius 2 is 2.20 bits per heavy atom. The van der Waals surface area contributed by atoms with E-state index in [1.807, 2.05) is 0 Å². The monoisotopic (exact) mass is 212 g/mol. The molecule has 88 valence electrons. The highest BCUT2D eigenvalue weighted by atomic mass is 16.5. The molecule has 0 radical (unpaired) electrons. The van der Waals surface area contributed by atoms with Crippen molar-refractivity contribution in [3.63, 3.8) is 0 Å². The van der Waals surface area contributed by atoms with Crippen molar-refractivity contribution in [3.8, 4) is 0 Å². The molecule has 3 atom stereocenters. The Labute approximate surface area is 93.2 Å². The van der Waals surface area contributed by atoms with Crippen LogP contribution in [-0.2, 0) is 4.74 Å². The van der Waals surface area contributed by atoms with Crippen molar-refractivity contribution in [3.05, 3.63) is 0 Å². The van der Waals surface area contributed by atoms with Gasteiger partial charge in [-0.3, -0.25) is 0 Å². The van der Waals surface area contributed by atoms with Crippen molar-refractivity contribution in [1.29, 1.82) is 0 Å². The summed E-state index contributed by atoms with van der Waals surface area (Å²) in [7, 11) is 2.23. The van der Waals surface area contributed by atoms with Crippen molar-refractivity contribution in [2.45, 2.75) is 25.9 Å². The second kappa shape index (κ2) is 5.28. The quantitative estimate of drug-likeness (QED) is 0.751. The van der Waals surface area contributed by atoms with E-state index in [1.165, 1.54) is 32.5 Å². The van der Waals surface area contributed by atoms with Crippen LogP contribution in [0.15, 0.2) is 0 Å². The first-order valence-electron chi connectivity index (χ1n) is 6.26. The van der Waals surface area contributed by atoms with Crippen LogP contribution in [0.3, 0.4) is 0 Å². The lowest BCUT2D eigenvalue weighted by Gasteiger charge is -2.25. The Hall–Kier alpha value is -0.120. The minimum Gasteiger partial charge on any atom is -0.377 e. The van der Waals surface area contributed by atoms with E-state index >= 15 is 0 Å². The van der Waals surface area contributed by atoms with Gasteiger partial charge in [0.2, 0.25) is 0 Å². The average molecular weight is 212 g/mol. The topological polar surface area (TPSA) is 24.5 Å². The molecule has 0 aromatic heterocycles. The summed E-state index contributed by atoms with van der Waals surface area (Å²) in [5, 5.41) is 3.46. The molecule has 1 N–H and O–H groups in total. The van der Waals surface area contributed by atoms with Crippen molar-refractivity contribution >= 4 is 0 Å². The van der Waals surface area contributed by atoms with Crippen molar-refractivity contribution in [2.75, 3.05) is 39.8 Å². The molecule has 3 unspecified atom stereocenters. The Kier molecular flexibility index (Phi) is 4.00. The van der Waals surface area contributed by atoms with E-state index in [0.717, 1.165) is 25.0 Å². The third kappa shape index (κ3) is 3.16. The van der Waals surface area contributed by atoms with Crippen LogP contribution in [0.25, 0.3) is 0 Å². The molecule has 15 heavy (non-hydrogen) atoms. The molecule has 3 nitrogen and oxygen atoms in total. The van der Waals surface area contributed by atoms with E-state index in [0.29, 0.717) is 6.10 Å². The number of hydrogen-bond donors (Lipinski definition) is 1. The second-order valence-electron chi connectivity index (χ2n) is 5.25. The highest BCUT2D eigenvalue weighted by molar-refractivity contribution is 4.81. The van der Waals surface area contributed by atoms with Gasteiger partial charge in [0.05, 0.1) is 6.10 Å². The molecular weight excluding hydrogens is 188 g/mol. The molecule has 0 aliphatic carbocycles. The Balaban J connectivity index is 1.69. The van der Waals surface area contributed by atoms with Gasteiger partial charge in [0.1, 0.15) is 0 Å². The highest BCUT2D eigenvalue weighted by Crippen LogP contribution is 2.18. The molecule has 0 spiro atoms. The molecule has 0 amide bonds. The van der Waals surface area contributed by atoms with Crippen molar-refractivity contribution in [2.24, 2.45) is 11.8 Å². The number of nitrogens with one attached hydrogen (secondary N) is 1. The number of likely N-dealkylation sites (N-methyl/N-ethyl adjacent to an activating group) is 1. The van der Waals surface area contributed by atoms with Crippen molar-refractivity contribution in [1.82, 2.24) is 10.2 Å². The van der Waals surface area contributed by atoms with Gasteiger partial charge in [-0.1, -0.05) is 6.92 Å². The average Bonchev–Trinajstić information content (AvgIpc) is 2.79. The summed E-state index contributed by atoms with van der Waals surface area (Å²) in [6.07, 6.45) is 3.00. The lowest BCUT2D eigenvalue weighted by Crippen LogP contribution is -2.34. The fourth-order valence-corrected chi connectivity index (χ4v) is 2.72. The Bertz CT molecular complexity index is 192. The van der Waals surface area contributed by atoms with Gasteiger partial charge in [-0.15, -0.1) is 0 Å². The van der Waals surface area contributed by atoms with E-state index < -0.39 is 0 Å². The summed E-state index contributed by atoms with van der Waals surface area (Å²) in [6, 6.07) is 0. The summed E-state index contributed by atoms with van der Waals surface area (Å²) in [5.41, 5.74) is 0. The van der Waals surface area contributed by atoms with Crippen LogP contribution in [0.2, 0.25) is 0 Å². The van der Waals surface area contributed by atoms with Gasteiger partial charge in [0, 0.05) is 19.7 Å². The normalized spacial score (nSPS) is 36.6. The lowest BCUT2D eigenvalue weighted by atomic mass is 9.97. The number of nitrogens with zero attached hydrogens (tertiary/aromatic N) is 1. The molecule has 2 rings (SSSR count). The summed E-state index contributed by atoms with van der Waals surface area (Å²) in [5.74, 6) is 1.66. The van der Waals surface area contributed by atoms with Crippen LogP contribution >= 0.6 is 0 Å². The van der Waals surface area contributed by atoms with Gasteiger partial charge in [-0.05, 0) is 44.8 Å². The maximum atomic E-state index is 5.66. The maximum Gasteiger partial charge on any atom is 0.0702 e. The largest absolute Gasteiger partial charge is 0.377 e. The van der Waals surface area contributed by atoms with Gasteiger partial charge in [-0.25, -0.2) is 0 Å². The summed E-state index contributed by atoms with van der Waals surface area (Å²) >= 11 is 0. The molecule has 0 bridgehead atoms. The minimum absolute atomic E-state index is 0.500. The predicted molar refractivity (Wildman–Crippen MR) is 62.0 cm³/mol. The first kappa shape index (κ1) is 11.4. The molecule has 2 aliphatic heterocycles. The van der Waals surface area contributed by atoms with Crippen LogP contribution in [0.4, 0.5) is 0 Å². The predicted octanol–water partition coefficient (Wildman–Crippen LogP) is 0.953. The summed E-state index contributed by atoms with van der Waals surface area (Å²) in [6.45, 7) is 8.04. The third-order valence-corrected chi connectivity index (χ3v) is 3.76. The first-order valence-corrected chi connectivity index (χ1v) is 6.26. The number of ether oxygens (including phenoxy) is 1. The number of hydrogen-bond acceptors (Lipinski definition) is 3. The van der Waals surface area contributed by atoms with Gasteiger partial charge in [-0.2, -0.15) is 0 Å². The van der Waals surface area contributed by atoms with Crippen LogP contribution in [0.1, 0.15) is 19.8 Å². The Morgan fingerprint density at radius 1 is 1.33 bits per heavy atom. The molecule has 2 aliphatic rings. The molecule has 2 saturated heterocycles. The molecule has 0 aromatic carbocycles. The van der Waals surface area contributed by atoms with E-state index in [9.17, 15) is 0 Å². The van der Waals surface area contributed by atoms with Crippen LogP contribution in [0, 0.1) is 11.8 Å². The first-order chi connectivity index (χ1) is 7.25. The van der Waals surface area contributed by atoms with Crippen LogP contribution in [0.5, 0.6) is 0 Å². The van der Waals surface area contributed by atoms with E-state index in [2.05, 4.69) is 24.2 Å². The molecule has 0 saturated carbocycles. The number of rotatable bonds is 4. The smallest absolute Gasteiger partial charge is 0.0702 e. The second-order valence-corrected chi connectivity index (χ2v) is 5.25. The maximum absolute atomic E-state index is 5.66. The molecular formula is C12H24N2O. The van der Waals surface area contributed by atoms with Gasteiger partial charge in [0.25, 0.3) is 0 Å². The zero-order valence-electron chi connectivity index (χ0n) is 10.0. The van der Waals surface area contributed by atoms with Crippen LogP contribution < -0.4 is 5.32 Å². The van der Waals surface area contributed by atoms with E-state index in [-0.39, 0.29) is 0 Å². The van der Waals surface area contributed by atoms with Gasteiger partial charge >= 0.3 is 0 Å². The highest BCUT2D eigenvalue weighted by Gasteiger charge is 2.25. The molecule has 3 heteroatoms. The van der Waals surface area contributed by atoms with E-state index in [4.69, 9.17) is 4.74 Å². The molecule has 0 aromatic rings. The minimum atomic E-state index is 0.500.